The maximum atomic E-state index is 7.96. The standard InChI is InChI=1S/C70H50B2N4O3/c1-70(2,3)45-37-57-67-63(38-45)78-61-44-62-54-43-55(61)72(67)69-59(76(57)51-33-20-9-21-34-51)40-53(74(48-27-14-6-15-28-48)49-29-16-7-17-30-49)41-64(69)77-60-36-22-35-56-66(60)71(54)68-58(75(56)50-31-18-8-19-32-50)39-52(42-65(68)79-62)73(46-23-10-4-11-24-46)47-25-12-5-13-26-47/h4-44H,1-3H3. The van der Waals surface area contributed by atoms with Gasteiger partial charge in [0.25, 0.3) is 13.4 Å². The minimum absolute atomic E-state index is 0.205. The molecular weight excluding hydrogens is 966 g/mol. The topological polar surface area (TPSA) is 40.7 Å². The first-order valence-electron chi connectivity index (χ1n) is 27.2. The minimum Gasteiger partial charge on any atom is -0.458 e. The van der Waals surface area contributed by atoms with Crippen LogP contribution in [0.25, 0.3) is 0 Å². The summed E-state index contributed by atoms with van der Waals surface area (Å²) in [5.41, 5.74) is 19.7. The van der Waals surface area contributed by atoms with Crippen LogP contribution in [0.2, 0.25) is 0 Å². The number of benzene rings is 11. The molecule has 5 aliphatic heterocycles. The van der Waals surface area contributed by atoms with Gasteiger partial charge in [-0.1, -0.05) is 142 Å². The number of para-hydroxylation sites is 6. The van der Waals surface area contributed by atoms with E-state index in [0.29, 0.717) is 0 Å². The number of anilines is 12. The molecule has 0 aromatic heterocycles. The molecule has 79 heavy (non-hydrogen) atoms. The van der Waals surface area contributed by atoms with Crippen LogP contribution in [0.3, 0.4) is 0 Å². The van der Waals surface area contributed by atoms with E-state index in [0.717, 1.165) is 136 Å². The Hall–Kier alpha value is -9.85. The minimum atomic E-state index is -0.288. The average molecular weight is 1020 g/mol. The number of hydrogen-bond donors (Lipinski definition) is 0. The van der Waals surface area contributed by atoms with E-state index in [4.69, 9.17) is 14.2 Å². The van der Waals surface area contributed by atoms with Crippen LogP contribution in [-0.2, 0) is 5.41 Å². The summed E-state index contributed by atoms with van der Waals surface area (Å²) in [5, 5.41) is 0. The fourth-order valence-corrected chi connectivity index (χ4v) is 12.9. The van der Waals surface area contributed by atoms with Gasteiger partial charge in [-0.3, -0.25) is 0 Å². The predicted octanol–water partition coefficient (Wildman–Crippen LogP) is 14.8. The van der Waals surface area contributed by atoms with Gasteiger partial charge in [-0.2, -0.15) is 0 Å². The van der Waals surface area contributed by atoms with Crippen LogP contribution in [0.15, 0.2) is 249 Å². The molecule has 16 rings (SSSR count). The SMILES string of the molecule is CC(C)(C)c1cc2c3c(c1)N(c1ccccc1)c1cc(N(c4ccccc4)c4ccccc4)cc4c1B3c1cc3c(cc1O2)Oc1cc(N(c2ccccc2)c2ccccc2)cc2c1B3c1c(cccc1N2c1ccccc1)O4. The van der Waals surface area contributed by atoms with E-state index in [9.17, 15) is 0 Å². The summed E-state index contributed by atoms with van der Waals surface area (Å²) in [7, 11) is 0. The molecule has 0 saturated heterocycles. The van der Waals surface area contributed by atoms with Crippen molar-refractivity contribution in [2.24, 2.45) is 0 Å². The van der Waals surface area contributed by atoms with Crippen LogP contribution in [0.4, 0.5) is 68.2 Å². The van der Waals surface area contributed by atoms with Gasteiger partial charge in [0, 0.05) is 75.1 Å². The molecule has 5 aliphatic rings. The summed E-state index contributed by atoms with van der Waals surface area (Å²) in [6.07, 6.45) is 0. The lowest BCUT2D eigenvalue weighted by atomic mass is 9.30. The highest BCUT2D eigenvalue weighted by Crippen LogP contribution is 2.51. The zero-order valence-corrected chi connectivity index (χ0v) is 43.8. The maximum absolute atomic E-state index is 7.96. The summed E-state index contributed by atoms with van der Waals surface area (Å²) < 4.78 is 22.8. The molecule has 0 atom stereocenters. The van der Waals surface area contributed by atoms with Crippen molar-refractivity contribution in [2.45, 2.75) is 26.2 Å². The van der Waals surface area contributed by atoms with Crippen LogP contribution >= 0.6 is 0 Å². The Balaban J connectivity index is 1.02. The Labute approximate surface area is 460 Å². The highest BCUT2D eigenvalue weighted by molar-refractivity contribution is 7.02. The number of nitrogens with zero attached hydrogens (tertiary/aromatic N) is 4. The van der Waals surface area contributed by atoms with Crippen molar-refractivity contribution in [3.63, 3.8) is 0 Å². The van der Waals surface area contributed by atoms with Crippen molar-refractivity contribution in [3.05, 3.63) is 254 Å². The van der Waals surface area contributed by atoms with E-state index in [-0.39, 0.29) is 18.8 Å². The third-order valence-corrected chi connectivity index (χ3v) is 16.4. The van der Waals surface area contributed by atoms with Gasteiger partial charge in [-0.25, -0.2) is 0 Å². The molecule has 0 saturated carbocycles. The third-order valence-electron chi connectivity index (χ3n) is 16.4. The fourth-order valence-electron chi connectivity index (χ4n) is 12.9. The van der Waals surface area contributed by atoms with Gasteiger partial charge in [0.15, 0.2) is 0 Å². The van der Waals surface area contributed by atoms with Gasteiger partial charge < -0.3 is 33.8 Å². The van der Waals surface area contributed by atoms with Crippen molar-refractivity contribution in [2.75, 3.05) is 19.6 Å². The normalized spacial score (nSPS) is 13.5. The second-order valence-corrected chi connectivity index (χ2v) is 22.1. The molecule has 0 spiro atoms. The second-order valence-electron chi connectivity index (χ2n) is 22.1. The molecule has 0 radical (unpaired) electrons. The quantitative estimate of drug-likeness (QED) is 0.140. The molecule has 0 unspecified atom stereocenters. The molecule has 374 valence electrons. The average Bonchev–Trinajstić information content (AvgIpc) is 3.60. The van der Waals surface area contributed by atoms with E-state index in [1.165, 1.54) is 5.56 Å². The van der Waals surface area contributed by atoms with Crippen LogP contribution in [0.1, 0.15) is 26.3 Å². The van der Waals surface area contributed by atoms with Crippen LogP contribution in [-0.4, -0.2) is 13.4 Å². The predicted molar refractivity (Wildman–Crippen MR) is 326 cm³/mol. The second kappa shape index (κ2) is 17.3. The van der Waals surface area contributed by atoms with Gasteiger partial charge in [0.05, 0.1) is 11.4 Å². The summed E-state index contributed by atoms with van der Waals surface area (Å²) >= 11 is 0. The number of hydrogen-bond acceptors (Lipinski definition) is 7. The fraction of sp³-hybridized carbons (Fsp3) is 0.0571. The number of rotatable bonds is 8. The highest BCUT2D eigenvalue weighted by atomic mass is 16.5. The van der Waals surface area contributed by atoms with Crippen LogP contribution < -0.4 is 66.6 Å². The first-order chi connectivity index (χ1) is 38.8. The van der Waals surface area contributed by atoms with Crippen molar-refractivity contribution in [1.82, 2.24) is 0 Å². The zero-order chi connectivity index (χ0) is 52.5. The third kappa shape index (κ3) is 7.02. The molecule has 9 heteroatoms. The molecular formula is C70H50B2N4O3. The van der Waals surface area contributed by atoms with Crippen molar-refractivity contribution < 1.29 is 14.2 Å². The largest absolute Gasteiger partial charge is 0.458 e. The van der Waals surface area contributed by atoms with E-state index >= 15 is 0 Å². The monoisotopic (exact) mass is 1020 g/mol. The van der Waals surface area contributed by atoms with Crippen LogP contribution in [0.5, 0.6) is 34.5 Å². The van der Waals surface area contributed by atoms with E-state index < -0.39 is 0 Å². The number of ether oxygens (including phenoxy) is 3. The highest BCUT2D eigenvalue weighted by Gasteiger charge is 2.50. The molecule has 0 N–H and O–H groups in total. The molecule has 11 aromatic rings. The van der Waals surface area contributed by atoms with E-state index in [1.807, 2.05) is 0 Å². The molecule has 0 aliphatic carbocycles. The molecule has 0 amide bonds. The molecule has 7 nitrogen and oxygen atoms in total. The van der Waals surface area contributed by atoms with Crippen LogP contribution in [0, 0.1) is 0 Å². The van der Waals surface area contributed by atoms with Gasteiger partial charge in [0.2, 0.25) is 0 Å². The van der Waals surface area contributed by atoms with E-state index in [2.05, 4.69) is 289 Å². The lowest BCUT2D eigenvalue weighted by Gasteiger charge is -2.44. The first-order valence-corrected chi connectivity index (χ1v) is 27.2. The summed E-state index contributed by atoms with van der Waals surface area (Å²) in [6, 6.07) is 89.1. The van der Waals surface area contributed by atoms with Crippen molar-refractivity contribution in [1.29, 1.82) is 0 Å². The summed E-state index contributed by atoms with van der Waals surface area (Å²) in [4.78, 5) is 9.52. The first kappa shape index (κ1) is 45.4. The van der Waals surface area contributed by atoms with Crippen molar-refractivity contribution in [3.8, 4) is 34.5 Å². The Kier molecular flexibility index (Phi) is 9.95. The van der Waals surface area contributed by atoms with Gasteiger partial charge in [-0.05, 0) is 153 Å². The van der Waals surface area contributed by atoms with E-state index in [1.54, 1.807) is 0 Å². The maximum Gasteiger partial charge on any atom is 0.261 e. The Morgan fingerprint density at radius 2 is 0.671 bits per heavy atom. The molecule has 2 bridgehead atoms. The molecule has 0 fully saturated rings. The molecule has 5 heterocycles. The zero-order valence-electron chi connectivity index (χ0n) is 43.8. The van der Waals surface area contributed by atoms with Crippen molar-refractivity contribution >= 4 is 114 Å². The Morgan fingerprint density at radius 3 is 1.10 bits per heavy atom. The summed E-state index contributed by atoms with van der Waals surface area (Å²) in [6.45, 7) is 6.27. The molecule has 11 aromatic carbocycles. The smallest absolute Gasteiger partial charge is 0.261 e. The lowest BCUT2D eigenvalue weighted by Crippen LogP contribution is -2.64. The van der Waals surface area contributed by atoms with Gasteiger partial charge >= 0.3 is 0 Å². The van der Waals surface area contributed by atoms with Gasteiger partial charge in [0.1, 0.15) is 34.5 Å². The van der Waals surface area contributed by atoms with Gasteiger partial charge in [-0.15, -0.1) is 0 Å². The summed E-state index contributed by atoms with van der Waals surface area (Å²) in [5.74, 6) is 4.67. The Morgan fingerprint density at radius 1 is 0.304 bits per heavy atom. The lowest BCUT2D eigenvalue weighted by molar-refractivity contribution is 0.463. The Bertz CT molecular complexity index is 4160.